The highest BCUT2D eigenvalue weighted by atomic mass is 16.6. The molecule has 1 amide bonds. The van der Waals surface area contributed by atoms with Crippen LogP contribution in [0.3, 0.4) is 0 Å². The maximum atomic E-state index is 12.4. The average molecular weight is 397 g/mol. The standard InChI is InChI=1S/C19H31N3O6/c1-3-27-17(23)19(13-21(25)26)7-9-20(10-8-19)16-11-14-5-6-15(12-16)22(14)18(24)28-4-2/h14-16H,3-13H2,1-2H3/t14-,15-/m1/s1. The predicted molar refractivity (Wildman–Crippen MR) is 100 cm³/mol. The zero-order valence-corrected chi connectivity index (χ0v) is 16.8. The molecule has 3 rings (SSSR count). The van der Waals surface area contributed by atoms with E-state index < -0.39 is 16.3 Å². The number of carbonyl (C=O) groups excluding carboxylic acids is 2. The van der Waals surface area contributed by atoms with E-state index in [-0.39, 0.29) is 31.3 Å². The van der Waals surface area contributed by atoms with Crippen LogP contribution in [0.4, 0.5) is 4.79 Å². The van der Waals surface area contributed by atoms with Gasteiger partial charge in [0.05, 0.1) is 13.2 Å². The van der Waals surface area contributed by atoms with Crippen LogP contribution in [0.1, 0.15) is 52.4 Å². The van der Waals surface area contributed by atoms with E-state index in [1.54, 1.807) is 6.92 Å². The summed E-state index contributed by atoms with van der Waals surface area (Å²) in [7, 11) is 0. The zero-order chi connectivity index (χ0) is 20.3. The Hall–Kier alpha value is -1.90. The van der Waals surface area contributed by atoms with Crippen molar-refractivity contribution in [2.75, 3.05) is 32.8 Å². The SMILES string of the molecule is CCOC(=O)N1[C@@H]2CC[C@@H]1CC(N1CCC(C[N+](=O)[O-])(C(=O)OCC)CC1)C2. The van der Waals surface area contributed by atoms with E-state index >= 15 is 0 Å². The number of ether oxygens (including phenoxy) is 2. The molecule has 9 nitrogen and oxygen atoms in total. The van der Waals surface area contributed by atoms with Crippen molar-refractivity contribution in [3.8, 4) is 0 Å². The third kappa shape index (κ3) is 4.09. The van der Waals surface area contributed by atoms with Crippen molar-refractivity contribution in [3.05, 3.63) is 10.1 Å². The number of likely N-dealkylation sites (tertiary alicyclic amines) is 1. The Bertz CT molecular complexity index is 590. The largest absolute Gasteiger partial charge is 0.465 e. The van der Waals surface area contributed by atoms with Gasteiger partial charge in [0, 0.05) is 23.0 Å². The van der Waals surface area contributed by atoms with Gasteiger partial charge in [-0.05, 0) is 65.5 Å². The fourth-order valence-electron chi connectivity index (χ4n) is 5.22. The number of fused-ring (bicyclic) bond motifs is 2. The first-order valence-corrected chi connectivity index (χ1v) is 10.4. The fourth-order valence-corrected chi connectivity index (χ4v) is 5.22. The number of nitrogens with zero attached hydrogens (tertiary/aromatic N) is 3. The first-order valence-electron chi connectivity index (χ1n) is 10.4. The fraction of sp³-hybridized carbons (Fsp3) is 0.895. The van der Waals surface area contributed by atoms with Crippen molar-refractivity contribution in [2.45, 2.75) is 70.5 Å². The number of hydrogen-bond acceptors (Lipinski definition) is 7. The summed E-state index contributed by atoms with van der Waals surface area (Å²) >= 11 is 0. The maximum absolute atomic E-state index is 12.4. The highest BCUT2D eigenvalue weighted by Crippen LogP contribution is 2.41. The number of rotatable bonds is 6. The van der Waals surface area contributed by atoms with Crippen molar-refractivity contribution in [1.29, 1.82) is 0 Å². The summed E-state index contributed by atoms with van der Waals surface area (Å²) in [5.74, 6) is -0.441. The Labute approximate surface area is 165 Å². The van der Waals surface area contributed by atoms with Gasteiger partial charge in [-0.2, -0.15) is 0 Å². The van der Waals surface area contributed by atoms with Crippen molar-refractivity contribution < 1.29 is 24.0 Å². The summed E-state index contributed by atoms with van der Waals surface area (Å²) in [5.41, 5.74) is -1.01. The Balaban J connectivity index is 1.61. The normalized spacial score (nSPS) is 29.4. The molecule has 3 heterocycles. The summed E-state index contributed by atoms with van der Waals surface area (Å²) in [6.45, 7) is 5.09. The van der Waals surface area contributed by atoms with E-state index in [1.807, 2.05) is 11.8 Å². The molecule has 0 unspecified atom stereocenters. The first kappa shape index (κ1) is 20.8. The van der Waals surface area contributed by atoms with Crippen molar-refractivity contribution in [3.63, 3.8) is 0 Å². The Kier molecular flexibility index (Phi) is 6.42. The third-order valence-corrected chi connectivity index (χ3v) is 6.60. The van der Waals surface area contributed by atoms with E-state index in [2.05, 4.69) is 4.90 Å². The van der Waals surface area contributed by atoms with Crippen LogP contribution in [0.25, 0.3) is 0 Å². The van der Waals surface area contributed by atoms with Gasteiger partial charge >= 0.3 is 12.1 Å². The van der Waals surface area contributed by atoms with E-state index in [4.69, 9.17) is 9.47 Å². The van der Waals surface area contributed by atoms with Crippen LogP contribution < -0.4 is 0 Å². The molecule has 9 heteroatoms. The molecule has 0 N–H and O–H groups in total. The molecule has 0 aromatic heterocycles. The van der Waals surface area contributed by atoms with E-state index in [9.17, 15) is 19.7 Å². The number of hydrogen-bond donors (Lipinski definition) is 0. The van der Waals surface area contributed by atoms with Gasteiger partial charge in [-0.3, -0.25) is 14.9 Å². The summed E-state index contributed by atoms with van der Waals surface area (Å²) in [5, 5.41) is 11.1. The molecular formula is C19H31N3O6. The Morgan fingerprint density at radius 3 is 2.11 bits per heavy atom. The molecule has 0 aromatic rings. The lowest BCUT2D eigenvalue weighted by Gasteiger charge is -2.46. The van der Waals surface area contributed by atoms with Gasteiger partial charge in [-0.25, -0.2) is 4.79 Å². The van der Waals surface area contributed by atoms with Crippen molar-refractivity contribution in [2.24, 2.45) is 5.41 Å². The minimum atomic E-state index is -1.01. The van der Waals surface area contributed by atoms with Crippen molar-refractivity contribution >= 4 is 12.1 Å². The summed E-state index contributed by atoms with van der Waals surface area (Å²) in [6, 6.07) is 0.760. The van der Waals surface area contributed by atoms with E-state index in [0.717, 1.165) is 25.7 Å². The van der Waals surface area contributed by atoms with Crippen LogP contribution in [0.2, 0.25) is 0 Å². The second kappa shape index (κ2) is 8.63. The third-order valence-electron chi connectivity index (χ3n) is 6.60. The van der Waals surface area contributed by atoms with Gasteiger partial charge < -0.3 is 19.3 Å². The monoisotopic (exact) mass is 397 g/mol. The smallest absolute Gasteiger partial charge is 0.410 e. The first-order chi connectivity index (χ1) is 13.4. The molecule has 0 aromatic carbocycles. The minimum absolute atomic E-state index is 0.207. The number of carbonyl (C=O) groups is 2. The molecule has 3 saturated heterocycles. The quantitative estimate of drug-likeness (QED) is 0.384. The molecule has 0 spiro atoms. The van der Waals surface area contributed by atoms with Gasteiger partial charge in [-0.1, -0.05) is 0 Å². The van der Waals surface area contributed by atoms with Crippen LogP contribution >= 0.6 is 0 Å². The zero-order valence-electron chi connectivity index (χ0n) is 16.8. The molecule has 0 aliphatic carbocycles. The molecule has 0 saturated carbocycles. The highest BCUT2D eigenvalue weighted by molar-refractivity contribution is 5.77. The lowest BCUT2D eigenvalue weighted by Crippen LogP contribution is -2.56. The van der Waals surface area contributed by atoms with E-state index in [0.29, 0.717) is 38.6 Å². The molecule has 0 radical (unpaired) electrons. The van der Waals surface area contributed by atoms with Crippen LogP contribution in [0.5, 0.6) is 0 Å². The lowest BCUT2D eigenvalue weighted by molar-refractivity contribution is -0.496. The van der Waals surface area contributed by atoms with Gasteiger partial charge in [0.15, 0.2) is 0 Å². The van der Waals surface area contributed by atoms with Crippen LogP contribution in [-0.4, -0.2) is 77.8 Å². The van der Waals surface area contributed by atoms with Crippen LogP contribution in [0.15, 0.2) is 0 Å². The minimum Gasteiger partial charge on any atom is -0.465 e. The predicted octanol–water partition coefficient (Wildman–Crippen LogP) is 2.06. The average Bonchev–Trinajstić information content (AvgIpc) is 2.92. The number of piperidine rings is 2. The van der Waals surface area contributed by atoms with Crippen molar-refractivity contribution in [1.82, 2.24) is 9.80 Å². The molecule has 28 heavy (non-hydrogen) atoms. The molecule has 3 aliphatic heterocycles. The summed E-state index contributed by atoms with van der Waals surface area (Å²) in [6.07, 6.45) is 4.48. The number of esters is 1. The summed E-state index contributed by atoms with van der Waals surface area (Å²) in [4.78, 5) is 39.7. The van der Waals surface area contributed by atoms with E-state index in [1.165, 1.54) is 0 Å². The van der Waals surface area contributed by atoms with Gasteiger partial charge in [0.2, 0.25) is 6.54 Å². The topological polar surface area (TPSA) is 102 Å². The summed E-state index contributed by atoms with van der Waals surface area (Å²) < 4.78 is 10.4. The second-order valence-electron chi connectivity index (χ2n) is 8.14. The molecule has 158 valence electrons. The van der Waals surface area contributed by atoms with Gasteiger partial charge in [-0.15, -0.1) is 0 Å². The van der Waals surface area contributed by atoms with Gasteiger partial charge in [0.1, 0.15) is 5.41 Å². The second-order valence-corrected chi connectivity index (χ2v) is 8.14. The highest BCUT2D eigenvalue weighted by Gasteiger charge is 2.50. The van der Waals surface area contributed by atoms with Crippen LogP contribution in [0, 0.1) is 15.5 Å². The molecule has 3 fully saturated rings. The molecule has 2 atom stereocenters. The number of nitro groups is 1. The molecule has 2 bridgehead atoms. The Morgan fingerprint density at radius 1 is 1.04 bits per heavy atom. The maximum Gasteiger partial charge on any atom is 0.410 e. The van der Waals surface area contributed by atoms with Gasteiger partial charge in [0.25, 0.3) is 0 Å². The molecule has 3 aliphatic rings. The lowest BCUT2D eigenvalue weighted by atomic mass is 9.77. The number of amides is 1. The molecular weight excluding hydrogens is 366 g/mol. The van der Waals surface area contributed by atoms with Crippen LogP contribution in [-0.2, 0) is 14.3 Å². The Morgan fingerprint density at radius 2 is 1.61 bits per heavy atom.